The van der Waals surface area contributed by atoms with E-state index in [4.69, 9.17) is 9.52 Å². The molecule has 6 nitrogen and oxygen atoms in total. The number of nitrogens with zero attached hydrogens (tertiary/aromatic N) is 2. The molecule has 0 aliphatic carbocycles. The third-order valence-electron chi connectivity index (χ3n) is 3.66. The van der Waals surface area contributed by atoms with E-state index in [-0.39, 0.29) is 11.5 Å². The largest absolute Gasteiger partial charge is 0.480 e. The van der Waals surface area contributed by atoms with Crippen molar-refractivity contribution in [3.63, 3.8) is 0 Å². The SMILES string of the molecule is CS(=O)c1cccc(-c2ccc(-c3cc(C(F)(F)F)nn3CC(=O)O)o2)c1. The van der Waals surface area contributed by atoms with Crippen molar-refractivity contribution >= 4 is 16.8 Å². The standard InChI is InChI=1S/C17H13F3N2O4S/c1-27(25)11-4-2-3-10(7-11)13-5-6-14(26-13)12-8-15(17(18,19)20)21-22(12)9-16(23)24/h2-8H,9H2,1H3,(H,23,24). The number of alkyl halides is 3. The van der Waals surface area contributed by atoms with E-state index in [9.17, 15) is 22.2 Å². The minimum atomic E-state index is -4.71. The molecule has 3 aromatic rings. The first-order valence-electron chi connectivity index (χ1n) is 7.56. The van der Waals surface area contributed by atoms with Crippen LogP contribution < -0.4 is 0 Å². The van der Waals surface area contributed by atoms with Crippen molar-refractivity contribution < 1.29 is 31.7 Å². The predicted molar refractivity (Wildman–Crippen MR) is 90.3 cm³/mol. The topological polar surface area (TPSA) is 85.3 Å². The van der Waals surface area contributed by atoms with Crippen molar-refractivity contribution in [2.75, 3.05) is 6.26 Å². The lowest BCUT2D eigenvalue weighted by Gasteiger charge is -2.03. The van der Waals surface area contributed by atoms with Crippen LogP contribution in [0.25, 0.3) is 22.8 Å². The lowest BCUT2D eigenvalue weighted by molar-refractivity contribution is -0.143. The Hall–Kier alpha value is -2.88. The van der Waals surface area contributed by atoms with Gasteiger partial charge in [-0.1, -0.05) is 12.1 Å². The second-order valence-electron chi connectivity index (χ2n) is 5.61. The normalized spacial score (nSPS) is 12.9. The van der Waals surface area contributed by atoms with Crippen molar-refractivity contribution in [3.05, 3.63) is 48.2 Å². The maximum absolute atomic E-state index is 12.9. The van der Waals surface area contributed by atoms with Gasteiger partial charge in [-0.2, -0.15) is 18.3 Å². The average molecular weight is 398 g/mol. The lowest BCUT2D eigenvalue weighted by atomic mass is 10.2. The van der Waals surface area contributed by atoms with Crippen molar-refractivity contribution in [3.8, 4) is 22.8 Å². The summed E-state index contributed by atoms with van der Waals surface area (Å²) in [4.78, 5) is 11.5. The summed E-state index contributed by atoms with van der Waals surface area (Å²) in [7, 11) is -1.21. The van der Waals surface area contributed by atoms with Crippen LogP contribution in [0.2, 0.25) is 0 Å². The lowest BCUT2D eigenvalue weighted by Crippen LogP contribution is -2.13. The van der Waals surface area contributed by atoms with Gasteiger partial charge in [0.15, 0.2) is 11.5 Å². The number of aromatic nitrogens is 2. The summed E-state index contributed by atoms with van der Waals surface area (Å²) in [5.41, 5.74) is -0.722. The van der Waals surface area contributed by atoms with Crippen LogP contribution in [0.1, 0.15) is 5.69 Å². The second kappa shape index (κ2) is 7.03. The number of aliphatic carboxylic acids is 1. The Morgan fingerprint density at radius 1 is 1.22 bits per heavy atom. The zero-order valence-electron chi connectivity index (χ0n) is 13.9. The summed E-state index contributed by atoms with van der Waals surface area (Å²) < 4.78 is 56.8. The molecule has 0 spiro atoms. The molecular weight excluding hydrogens is 385 g/mol. The Labute approximate surface area is 153 Å². The van der Waals surface area contributed by atoms with Gasteiger partial charge < -0.3 is 9.52 Å². The highest BCUT2D eigenvalue weighted by atomic mass is 32.2. The minimum Gasteiger partial charge on any atom is -0.480 e. The molecule has 0 saturated carbocycles. The zero-order chi connectivity index (χ0) is 19.8. The third kappa shape index (κ3) is 4.11. The number of rotatable bonds is 5. The molecule has 1 N–H and O–H groups in total. The van der Waals surface area contributed by atoms with Crippen LogP contribution in [0.4, 0.5) is 13.2 Å². The third-order valence-corrected chi connectivity index (χ3v) is 4.58. The number of hydrogen-bond donors (Lipinski definition) is 1. The molecule has 0 aliphatic heterocycles. The molecule has 27 heavy (non-hydrogen) atoms. The molecular formula is C17H13F3N2O4S. The van der Waals surface area contributed by atoms with Gasteiger partial charge in [-0.05, 0) is 30.3 Å². The van der Waals surface area contributed by atoms with E-state index in [2.05, 4.69) is 5.10 Å². The van der Waals surface area contributed by atoms with Crippen LogP contribution in [-0.2, 0) is 28.3 Å². The highest BCUT2D eigenvalue weighted by Gasteiger charge is 2.35. The van der Waals surface area contributed by atoms with E-state index in [0.29, 0.717) is 16.2 Å². The van der Waals surface area contributed by atoms with Gasteiger partial charge in [0.25, 0.3) is 0 Å². The Kier molecular flexibility index (Phi) is 4.92. The smallest absolute Gasteiger partial charge is 0.435 e. The molecule has 0 fully saturated rings. The van der Waals surface area contributed by atoms with Crippen LogP contribution in [0.15, 0.2) is 51.8 Å². The number of benzene rings is 1. The molecule has 0 bridgehead atoms. The number of carboxylic acids is 1. The van der Waals surface area contributed by atoms with Crippen LogP contribution in [0.5, 0.6) is 0 Å². The van der Waals surface area contributed by atoms with Gasteiger partial charge in [0.2, 0.25) is 0 Å². The number of furan rings is 1. The van der Waals surface area contributed by atoms with E-state index in [1.54, 1.807) is 30.3 Å². The van der Waals surface area contributed by atoms with Crippen LogP contribution in [0, 0.1) is 0 Å². The Morgan fingerprint density at radius 3 is 2.56 bits per heavy atom. The van der Waals surface area contributed by atoms with Gasteiger partial charge >= 0.3 is 12.1 Å². The molecule has 3 rings (SSSR count). The van der Waals surface area contributed by atoms with Gasteiger partial charge in [-0.15, -0.1) is 0 Å². The maximum atomic E-state index is 12.9. The van der Waals surface area contributed by atoms with Crippen LogP contribution in [0.3, 0.4) is 0 Å². The summed E-state index contributed by atoms with van der Waals surface area (Å²) in [6, 6.07) is 10.4. The Morgan fingerprint density at radius 2 is 1.93 bits per heavy atom. The average Bonchev–Trinajstić information content (AvgIpc) is 3.20. The summed E-state index contributed by atoms with van der Waals surface area (Å²) in [6.07, 6.45) is -3.19. The Bertz CT molecular complexity index is 1020. The van der Waals surface area contributed by atoms with Crippen molar-refractivity contribution in [1.82, 2.24) is 9.78 Å². The Balaban J connectivity index is 2.03. The molecule has 1 aromatic carbocycles. The fourth-order valence-electron chi connectivity index (χ4n) is 2.46. The molecule has 1 unspecified atom stereocenters. The van der Waals surface area contributed by atoms with E-state index in [1.165, 1.54) is 12.3 Å². The quantitative estimate of drug-likeness (QED) is 0.709. The van der Waals surface area contributed by atoms with Gasteiger partial charge in [-0.25, -0.2) is 4.68 Å². The van der Waals surface area contributed by atoms with Gasteiger partial charge in [-0.3, -0.25) is 9.00 Å². The molecule has 0 amide bonds. The van der Waals surface area contributed by atoms with E-state index >= 15 is 0 Å². The molecule has 142 valence electrons. The van der Waals surface area contributed by atoms with Gasteiger partial charge in [0, 0.05) is 27.5 Å². The summed E-state index contributed by atoms with van der Waals surface area (Å²) in [5, 5.41) is 12.2. The molecule has 0 saturated heterocycles. The van der Waals surface area contributed by atoms with Crippen molar-refractivity contribution in [2.45, 2.75) is 17.6 Å². The van der Waals surface area contributed by atoms with Crippen molar-refractivity contribution in [2.24, 2.45) is 0 Å². The van der Waals surface area contributed by atoms with E-state index < -0.39 is 35.2 Å². The van der Waals surface area contributed by atoms with E-state index in [0.717, 1.165) is 10.7 Å². The van der Waals surface area contributed by atoms with Crippen LogP contribution >= 0.6 is 0 Å². The number of carbonyl (C=O) groups is 1. The summed E-state index contributed by atoms with van der Waals surface area (Å²) in [6.45, 7) is -0.744. The molecule has 0 aliphatic rings. The summed E-state index contributed by atoms with van der Waals surface area (Å²) in [5.74, 6) is -0.954. The fraction of sp³-hybridized carbons (Fsp3) is 0.176. The van der Waals surface area contributed by atoms with Crippen LogP contribution in [-0.4, -0.2) is 31.3 Å². The zero-order valence-corrected chi connectivity index (χ0v) is 14.7. The highest BCUT2D eigenvalue weighted by Crippen LogP contribution is 2.34. The fourth-order valence-corrected chi connectivity index (χ4v) is 3.02. The number of hydrogen-bond acceptors (Lipinski definition) is 4. The van der Waals surface area contributed by atoms with E-state index in [1.807, 2.05) is 0 Å². The first-order chi connectivity index (χ1) is 12.6. The first kappa shape index (κ1) is 18.9. The first-order valence-corrected chi connectivity index (χ1v) is 9.12. The monoisotopic (exact) mass is 398 g/mol. The molecule has 10 heteroatoms. The molecule has 0 radical (unpaired) electrons. The minimum absolute atomic E-state index is 0.0391. The number of halogens is 3. The molecule has 2 aromatic heterocycles. The van der Waals surface area contributed by atoms with Gasteiger partial charge in [0.05, 0.1) is 0 Å². The predicted octanol–water partition coefficient (Wildman–Crippen LogP) is 3.65. The van der Waals surface area contributed by atoms with Gasteiger partial charge in [0.1, 0.15) is 18.0 Å². The second-order valence-corrected chi connectivity index (χ2v) is 6.99. The maximum Gasteiger partial charge on any atom is 0.435 e. The number of carboxylic acid groups (broad SMARTS) is 1. The molecule has 2 heterocycles. The summed E-state index contributed by atoms with van der Waals surface area (Å²) >= 11 is 0. The highest BCUT2D eigenvalue weighted by molar-refractivity contribution is 7.84. The van der Waals surface area contributed by atoms with Crippen molar-refractivity contribution in [1.29, 1.82) is 0 Å². The molecule has 1 atom stereocenters.